The van der Waals surface area contributed by atoms with E-state index in [2.05, 4.69) is 13.8 Å². The van der Waals surface area contributed by atoms with E-state index < -0.39 is 0 Å². The van der Waals surface area contributed by atoms with Gasteiger partial charge in [0.1, 0.15) is 0 Å². The van der Waals surface area contributed by atoms with Crippen LogP contribution in [0.1, 0.15) is 39.5 Å². The zero-order valence-electron chi connectivity index (χ0n) is 9.78. The lowest BCUT2D eigenvalue weighted by atomic mass is 9.63. The van der Waals surface area contributed by atoms with Crippen LogP contribution < -0.4 is 0 Å². The molecular formula is C13H22O2. The highest BCUT2D eigenvalue weighted by molar-refractivity contribution is 5.11. The zero-order chi connectivity index (χ0) is 10.6. The number of ether oxygens (including phenoxy) is 1. The fourth-order valence-corrected chi connectivity index (χ4v) is 4.79. The molecule has 0 heterocycles. The summed E-state index contributed by atoms with van der Waals surface area (Å²) in [6.45, 7) is 5.15. The molecule has 0 aliphatic heterocycles. The van der Waals surface area contributed by atoms with Crippen molar-refractivity contribution < 1.29 is 9.84 Å². The summed E-state index contributed by atoms with van der Waals surface area (Å²) >= 11 is 0. The largest absolute Gasteiger partial charge is 0.390 e. The van der Waals surface area contributed by atoms with E-state index >= 15 is 0 Å². The normalized spacial score (nSPS) is 57.4. The van der Waals surface area contributed by atoms with Crippen LogP contribution in [-0.4, -0.2) is 23.4 Å². The molecule has 86 valence electrons. The fourth-order valence-electron chi connectivity index (χ4n) is 4.79. The molecule has 0 aromatic carbocycles. The quantitative estimate of drug-likeness (QED) is 0.757. The molecule has 3 rings (SSSR count). The molecule has 3 aliphatic rings. The Morgan fingerprint density at radius 2 is 2.13 bits per heavy atom. The third kappa shape index (κ3) is 1.31. The second kappa shape index (κ2) is 3.21. The fraction of sp³-hybridized carbons (Fsp3) is 1.00. The van der Waals surface area contributed by atoms with Crippen molar-refractivity contribution in [2.45, 2.75) is 51.2 Å². The van der Waals surface area contributed by atoms with E-state index in [1.54, 1.807) is 0 Å². The summed E-state index contributed by atoms with van der Waals surface area (Å²) in [4.78, 5) is 0. The maximum absolute atomic E-state index is 10.6. The van der Waals surface area contributed by atoms with Crippen molar-refractivity contribution in [2.75, 3.05) is 6.61 Å². The Hall–Kier alpha value is -0.0800. The van der Waals surface area contributed by atoms with Gasteiger partial charge in [-0.25, -0.2) is 0 Å². The van der Waals surface area contributed by atoms with Crippen LogP contribution in [-0.2, 0) is 4.74 Å². The predicted octanol–water partition coefficient (Wildman–Crippen LogP) is 2.21. The first-order valence-corrected chi connectivity index (χ1v) is 6.48. The molecule has 3 fully saturated rings. The maximum atomic E-state index is 10.6. The standard InChI is InChI=1S/C13H22O2/c1-3-15-12-8(2)6-13(14)7-9-4-10(12)11(13)5-9/h8-12,14H,3-7H2,1-2H3. The molecule has 1 N–H and O–H groups in total. The van der Waals surface area contributed by atoms with Crippen LogP contribution in [0.25, 0.3) is 0 Å². The highest BCUT2D eigenvalue weighted by Crippen LogP contribution is 2.61. The van der Waals surface area contributed by atoms with E-state index in [9.17, 15) is 5.11 Å². The van der Waals surface area contributed by atoms with Crippen LogP contribution in [0.15, 0.2) is 0 Å². The molecule has 0 aromatic rings. The highest BCUT2D eigenvalue weighted by Gasteiger charge is 2.61. The third-order valence-corrected chi connectivity index (χ3v) is 5.06. The van der Waals surface area contributed by atoms with E-state index in [1.807, 2.05) is 0 Å². The summed E-state index contributed by atoms with van der Waals surface area (Å²) < 4.78 is 5.91. The van der Waals surface area contributed by atoms with Crippen molar-refractivity contribution in [3.63, 3.8) is 0 Å². The van der Waals surface area contributed by atoms with Crippen molar-refractivity contribution in [3.8, 4) is 0 Å². The van der Waals surface area contributed by atoms with Gasteiger partial charge >= 0.3 is 0 Å². The number of fused-ring (bicyclic) bond motifs is 1. The molecule has 0 spiro atoms. The lowest BCUT2D eigenvalue weighted by Gasteiger charge is -2.49. The van der Waals surface area contributed by atoms with Crippen LogP contribution in [0.2, 0.25) is 0 Å². The van der Waals surface area contributed by atoms with Gasteiger partial charge in [0.05, 0.1) is 11.7 Å². The van der Waals surface area contributed by atoms with Crippen molar-refractivity contribution in [2.24, 2.45) is 23.7 Å². The monoisotopic (exact) mass is 210 g/mol. The van der Waals surface area contributed by atoms with E-state index in [1.165, 1.54) is 12.8 Å². The molecule has 2 nitrogen and oxygen atoms in total. The van der Waals surface area contributed by atoms with Gasteiger partial charge in [0, 0.05) is 6.61 Å². The minimum absolute atomic E-state index is 0.319. The van der Waals surface area contributed by atoms with Crippen molar-refractivity contribution in [1.82, 2.24) is 0 Å². The van der Waals surface area contributed by atoms with E-state index in [-0.39, 0.29) is 5.60 Å². The highest BCUT2D eigenvalue weighted by atomic mass is 16.5. The van der Waals surface area contributed by atoms with Gasteiger partial charge in [0.2, 0.25) is 0 Å². The predicted molar refractivity (Wildman–Crippen MR) is 58.5 cm³/mol. The van der Waals surface area contributed by atoms with Gasteiger partial charge in [-0.15, -0.1) is 0 Å². The topological polar surface area (TPSA) is 29.5 Å². The Morgan fingerprint density at radius 1 is 1.33 bits per heavy atom. The molecule has 0 aromatic heterocycles. The van der Waals surface area contributed by atoms with Gasteiger partial charge < -0.3 is 9.84 Å². The van der Waals surface area contributed by atoms with Crippen molar-refractivity contribution in [1.29, 1.82) is 0 Å². The van der Waals surface area contributed by atoms with Crippen LogP contribution in [0.5, 0.6) is 0 Å². The lowest BCUT2D eigenvalue weighted by molar-refractivity contribution is -0.152. The first kappa shape index (κ1) is 10.1. The molecule has 3 saturated carbocycles. The molecule has 0 radical (unpaired) electrons. The molecule has 3 aliphatic carbocycles. The summed E-state index contributed by atoms with van der Waals surface area (Å²) in [6, 6.07) is 0. The first-order valence-electron chi connectivity index (χ1n) is 6.48. The molecule has 6 atom stereocenters. The SMILES string of the molecule is CCOC1C(C)CC2(O)CC3CC1C2C3. The number of hydrogen-bond donors (Lipinski definition) is 1. The third-order valence-electron chi connectivity index (χ3n) is 5.06. The minimum atomic E-state index is -0.319. The Morgan fingerprint density at radius 3 is 2.80 bits per heavy atom. The Labute approximate surface area is 92.0 Å². The second-order valence-electron chi connectivity index (χ2n) is 6.02. The number of rotatable bonds is 2. The average molecular weight is 210 g/mol. The van der Waals surface area contributed by atoms with Crippen molar-refractivity contribution in [3.05, 3.63) is 0 Å². The molecule has 2 heteroatoms. The number of aliphatic hydroxyl groups is 1. The first-order chi connectivity index (χ1) is 7.14. The van der Waals surface area contributed by atoms with Crippen LogP contribution >= 0.6 is 0 Å². The summed E-state index contributed by atoms with van der Waals surface area (Å²) in [6.07, 6.45) is 5.03. The zero-order valence-corrected chi connectivity index (χ0v) is 9.78. The molecule has 0 amide bonds. The summed E-state index contributed by atoms with van der Waals surface area (Å²) in [5, 5.41) is 10.6. The lowest BCUT2D eigenvalue weighted by Crippen LogP contribution is -2.52. The van der Waals surface area contributed by atoms with Gasteiger partial charge in [-0.3, -0.25) is 0 Å². The molecule has 0 saturated heterocycles. The molecule has 15 heavy (non-hydrogen) atoms. The molecule has 2 bridgehead atoms. The Bertz CT molecular complexity index is 265. The van der Waals surface area contributed by atoms with Gasteiger partial charge in [0.15, 0.2) is 0 Å². The smallest absolute Gasteiger partial charge is 0.0685 e. The minimum Gasteiger partial charge on any atom is -0.390 e. The Kier molecular flexibility index (Phi) is 2.16. The summed E-state index contributed by atoms with van der Waals surface area (Å²) in [7, 11) is 0. The van der Waals surface area contributed by atoms with Gasteiger partial charge in [-0.1, -0.05) is 6.92 Å². The Balaban J connectivity index is 1.86. The van der Waals surface area contributed by atoms with E-state index in [4.69, 9.17) is 4.74 Å². The molecular weight excluding hydrogens is 188 g/mol. The molecule has 6 unspecified atom stereocenters. The van der Waals surface area contributed by atoms with Gasteiger partial charge in [-0.05, 0) is 56.3 Å². The van der Waals surface area contributed by atoms with Crippen LogP contribution in [0.3, 0.4) is 0 Å². The summed E-state index contributed by atoms with van der Waals surface area (Å²) in [5.41, 5.74) is -0.319. The van der Waals surface area contributed by atoms with E-state index in [0.29, 0.717) is 23.9 Å². The summed E-state index contributed by atoms with van der Waals surface area (Å²) in [5.74, 6) is 2.53. The second-order valence-corrected chi connectivity index (χ2v) is 6.02. The van der Waals surface area contributed by atoms with Crippen LogP contribution in [0, 0.1) is 23.7 Å². The van der Waals surface area contributed by atoms with Crippen molar-refractivity contribution >= 4 is 0 Å². The number of hydrogen-bond acceptors (Lipinski definition) is 2. The van der Waals surface area contributed by atoms with Gasteiger partial charge in [-0.2, -0.15) is 0 Å². The average Bonchev–Trinajstić information content (AvgIpc) is 2.68. The maximum Gasteiger partial charge on any atom is 0.0685 e. The van der Waals surface area contributed by atoms with E-state index in [0.717, 1.165) is 25.4 Å². The van der Waals surface area contributed by atoms with Gasteiger partial charge in [0.25, 0.3) is 0 Å². The van der Waals surface area contributed by atoms with Crippen LogP contribution in [0.4, 0.5) is 0 Å².